The highest BCUT2D eigenvalue weighted by Crippen LogP contribution is 2.27. The Morgan fingerprint density at radius 1 is 0.405 bits per heavy atom. The second kappa shape index (κ2) is 33.7. The Kier molecular flexibility index (Phi) is 32.2. The first-order valence-corrected chi connectivity index (χ1v) is 27.1. The highest BCUT2D eigenvalue weighted by atomic mass is 32.2. The summed E-state index contributed by atoms with van der Waals surface area (Å²) in [6.07, 6.45) is -2.61. The molecule has 0 aliphatic rings. The van der Waals surface area contributed by atoms with E-state index >= 15 is 0 Å². The molecule has 0 heterocycles. The lowest BCUT2D eigenvalue weighted by Gasteiger charge is -2.28. The van der Waals surface area contributed by atoms with E-state index in [9.17, 15) is 38.4 Å². The van der Waals surface area contributed by atoms with E-state index in [1.807, 2.05) is 116 Å². The Bertz CT molecular complexity index is 2020. The van der Waals surface area contributed by atoms with Crippen molar-refractivity contribution in [3.8, 4) is 0 Å². The van der Waals surface area contributed by atoms with Gasteiger partial charge in [-0.3, -0.25) is 30.0 Å². The number of ether oxygens (including phenoxy) is 4. The monoisotopic (exact) mass is 1120 g/mol. The third-order valence-corrected chi connectivity index (χ3v) is 10.0. The second-order valence-corrected chi connectivity index (χ2v) is 27.3. The fourth-order valence-corrected chi connectivity index (χ4v) is 6.76. The zero-order valence-electron chi connectivity index (χ0n) is 47.0. The van der Waals surface area contributed by atoms with Crippen LogP contribution in [0, 0.1) is 0 Å². The van der Waals surface area contributed by atoms with E-state index in [0.717, 1.165) is 58.2 Å². The van der Waals surface area contributed by atoms with Crippen molar-refractivity contribution in [3.63, 3.8) is 0 Å². The molecular formula is C50H84N8O12S4. The molecule has 24 heteroatoms. The molecule has 20 nitrogen and oxygen atoms in total. The van der Waals surface area contributed by atoms with Crippen molar-refractivity contribution in [2.24, 2.45) is 0 Å². The second-order valence-electron chi connectivity index (χ2n) is 21.3. The summed E-state index contributed by atoms with van der Waals surface area (Å²) in [4.78, 5) is 92.8. The summed E-state index contributed by atoms with van der Waals surface area (Å²) < 4.78 is 19.8. The molecule has 0 saturated heterocycles. The molecule has 0 bridgehead atoms. The van der Waals surface area contributed by atoms with Crippen LogP contribution in [0.5, 0.6) is 0 Å². The molecular weight excluding hydrogens is 1030 g/mol. The van der Waals surface area contributed by atoms with E-state index in [-0.39, 0.29) is 37.0 Å². The Labute approximate surface area is 456 Å². The molecule has 2 rings (SSSR count). The summed E-state index contributed by atoms with van der Waals surface area (Å²) in [5.74, 6) is 1.29. The number of nitrogens with one attached hydrogen (secondary N) is 6. The van der Waals surface area contributed by atoms with Gasteiger partial charge >= 0.3 is 34.9 Å². The molecule has 0 aliphatic carbocycles. The molecule has 2 aromatic carbocycles. The van der Waals surface area contributed by atoms with Crippen LogP contribution in [0.15, 0.2) is 60.7 Å². The number of carbonyl (C=O) groups is 8. The third kappa shape index (κ3) is 44.3. The van der Waals surface area contributed by atoms with E-state index in [1.165, 1.54) is 10.0 Å². The van der Waals surface area contributed by atoms with Crippen LogP contribution in [0.3, 0.4) is 0 Å². The smallest absolute Gasteiger partial charge is 0.426 e. The topological polar surface area (TPSA) is 252 Å². The summed E-state index contributed by atoms with van der Waals surface area (Å²) >= 11 is 4.46. The van der Waals surface area contributed by atoms with Gasteiger partial charge < -0.3 is 18.9 Å². The zero-order chi connectivity index (χ0) is 57.7. The maximum atomic E-state index is 12.5. The quantitative estimate of drug-likeness (QED) is 0.116. The van der Waals surface area contributed by atoms with E-state index in [1.54, 1.807) is 83.1 Å². The van der Waals surface area contributed by atoms with Gasteiger partial charge in [0.2, 0.25) is 0 Å². The normalized spacial score (nSPS) is 11.3. The van der Waals surface area contributed by atoms with Crippen molar-refractivity contribution in [2.75, 3.05) is 11.5 Å². The van der Waals surface area contributed by atoms with Crippen LogP contribution in [-0.2, 0) is 32.0 Å². The van der Waals surface area contributed by atoms with Crippen LogP contribution in [0.2, 0.25) is 0 Å². The summed E-state index contributed by atoms with van der Waals surface area (Å²) in [5.41, 5.74) is 13.3. The first kappa shape index (κ1) is 70.9. The van der Waals surface area contributed by atoms with Crippen molar-refractivity contribution < 1.29 is 57.3 Å². The van der Waals surface area contributed by atoms with Crippen LogP contribution < -0.4 is 32.6 Å². The molecule has 0 spiro atoms. The minimum Gasteiger partial charge on any atom is -0.443 e. The standard InChI is InChI=1S/C17H26N2O3S.C15H22N2O3S.C10H20N2O3S.C8H16N2O3S/c1-16(2,3)22-14(20)18-19(15(21)23-17(4,5)6)12-13-10-8-7-9-11-13;1-5-21-14(19)17(11-12-9-7-6-8-10-12)16-13(18)20-15(2,3)4;1-9(2,3)15-7(13)11-12-8(14)16-10(4,5)6;1-5-14-7(12)10-9-6(11)13-8(2,3)4/h7-11H,12H2,1-6H3,(H,18,20);6-10H,5,11H2,1-4H3,(H,16,18);1-6H3,(H,11,13)(H,12,14);5H2,1-4H3,(H,9,11)(H,10,12). The lowest BCUT2D eigenvalue weighted by atomic mass is 10.2. The maximum absolute atomic E-state index is 12.5. The highest BCUT2D eigenvalue weighted by Gasteiger charge is 2.27. The van der Waals surface area contributed by atoms with Crippen molar-refractivity contribution >= 4 is 92.4 Å². The molecule has 8 amide bonds. The first-order chi connectivity index (χ1) is 33.6. The summed E-state index contributed by atoms with van der Waals surface area (Å²) in [5, 5.41) is 1.49. The van der Waals surface area contributed by atoms with Crippen LogP contribution in [0.4, 0.5) is 38.4 Å². The van der Waals surface area contributed by atoms with Gasteiger partial charge in [-0.05, 0) is 106 Å². The molecule has 420 valence electrons. The minimum absolute atomic E-state index is 0.195. The molecule has 0 unspecified atom stereocenters. The number of hydrogen-bond donors (Lipinski definition) is 6. The van der Waals surface area contributed by atoms with Crippen molar-refractivity contribution in [2.45, 2.75) is 183 Å². The number of amides is 8. The molecule has 74 heavy (non-hydrogen) atoms. The Hall–Kier alpha value is -5.20. The van der Waals surface area contributed by atoms with Gasteiger partial charge in [-0.25, -0.2) is 50.9 Å². The van der Waals surface area contributed by atoms with Crippen LogP contribution >= 0.6 is 47.0 Å². The van der Waals surface area contributed by atoms with Gasteiger partial charge in [-0.2, -0.15) is 0 Å². The maximum Gasteiger partial charge on any atom is 0.426 e. The molecule has 0 fully saturated rings. The number of hydrazine groups is 4. The highest BCUT2D eigenvalue weighted by molar-refractivity contribution is 8.15. The van der Waals surface area contributed by atoms with Gasteiger partial charge in [0.15, 0.2) is 0 Å². The predicted octanol–water partition coefficient (Wildman–Crippen LogP) is 12.9. The SMILES string of the molecule is CC(C)(C)OC(=O)NN(Cc1ccccc1)C(=O)SC(C)(C)C.CC(C)(C)OC(=O)NNC(=O)SC(C)(C)C.CCSC(=O)N(Cc1ccccc1)NC(=O)OC(C)(C)C.CCSC(=O)NNC(=O)OC(C)(C)C. The summed E-state index contributed by atoms with van der Waals surface area (Å²) in [6, 6.07) is 19.0. The molecule has 0 aromatic heterocycles. The first-order valence-electron chi connectivity index (χ1n) is 23.5. The third-order valence-electron chi connectivity index (χ3n) is 6.72. The van der Waals surface area contributed by atoms with Crippen molar-refractivity contribution in [3.05, 3.63) is 71.8 Å². The Balaban J connectivity index is 0. The van der Waals surface area contributed by atoms with E-state index in [2.05, 4.69) is 32.6 Å². The average Bonchev–Trinajstić information content (AvgIpc) is 3.20. The van der Waals surface area contributed by atoms with Crippen molar-refractivity contribution in [1.82, 2.24) is 42.6 Å². The average molecular weight is 1120 g/mol. The van der Waals surface area contributed by atoms with Gasteiger partial charge in [0.05, 0.1) is 13.1 Å². The number of carbonyl (C=O) groups excluding carboxylic acids is 8. The van der Waals surface area contributed by atoms with Crippen LogP contribution in [0.25, 0.3) is 0 Å². The molecule has 2 aromatic rings. The molecule has 0 aliphatic heterocycles. The minimum atomic E-state index is -0.671. The number of hydrogen-bond acceptors (Lipinski definition) is 16. The van der Waals surface area contributed by atoms with Gasteiger partial charge in [0.25, 0.3) is 10.5 Å². The predicted molar refractivity (Wildman–Crippen MR) is 300 cm³/mol. The molecule has 0 saturated carbocycles. The van der Waals surface area contributed by atoms with Crippen LogP contribution in [-0.4, -0.2) is 98.8 Å². The Morgan fingerprint density at radius 3 is 1.03 bits per heavy atom. The molecule has 0 atom stereocenters. The lowest BCUT2D eigenvalue weighted by Crippen LogP contribution is -2.46. The molecule has 6 N–H and O–H groups in total. The lowest BCUT2D eigenvalue weighted by molar-refractivity contribution is 0.0378. The van der Waals surface area contributed by atoms with Gasteiger partial charge in [-0.1, -0.05) is 163 Å². The number of nitrogens with zero attached hydrogens (tertiary/aromatic N) is 2. The van der Waals surface area contributed by atoms with Gasteiger partial charge in [-0.15, -0.1) is 0 Å². The largest absolute Gasteiger partial charge is 0.443 e. The summed E-state index contributed by atoms with van der Waals surface area (Å²) in [7, 11) is 0. The van der Waals surface area contributed by atoms with Crippen LogP contribution in [0.1, 0.15) is 150 Å². The number of benzene rings is 2. The number of thioether (sulfide) groups is 4. The summed E-state index contributed by atoms with van der Waals surface area (Å²) in [6.45, 7) is 37.0. The van der Waals surface area contributed by atoms with E-state index in [0.29, 0.717) is 18.1 Å². The Morgan fingerprint density at radius 2 is 0.716 bits per heavy atom. The van der Waals surface area contributed by atoms with Gasteiger partial charge in [0, 0.05) is 9.49 Å². The fourth-order valence-electron chi connectivity index (χ4n) is 4.45. The van der Waals surface area contributed by atoms with E-state index in [4.69, 9.17) is 18.9 Å². The zero-order valence-corrected chi connectivity index (χ0v) is 50.3. The fraction of sp³-hybridized carbons (Fsp3) is 0.600. The molecule has 0 radical (unpaired) electrons. The van der Waals surface area contributed by atoms with E-state index < -0.39 is 46.8 Å². The van der Waals surface area contributed by atoms with Gasteiger partial charge in [0.1, 0.15) is 22.4 Å². The number of rotatable bonds is 6. The van der Waals surface area contributed by atoms with Crippen molar-refractivity contribution in [1.29, 1.82) is 0 Å².